The van der Waals surface area contributed by atoms with E-state index in [-0.39, 0.29) is 48.5 Å². The Morgan fingerprint density at radius 1 is 1.11 bits per heavy atom. The lowest BCUT2D eigenvalue weighted by Crippen LogP contribution is -2.41. The summed E-state index contributed by atoms with van der Waals surface area (Å²) >= 11 is 5.83. The molecule has 198 valence electrons. The number of rotatable bonds is 11. The highest BCUT2D eigenvalue weighted by molar-refractivity contribution is 7.89. The maximum absolute atomic E-state index is 13.8. The van der Waals surface area contributed by atoms with Crippen LogP contribution in [0.4, 0.5) is 4.39 Å². The predicted molar refractivity (Wildman–Crippen MR) is 139 cm³/mol. The molecule has 0 heterocycles. The van der Waals surface area contributed by atoms with E-state index in [2.05, 4.69) is 10.2 Å². The number of ether oxygens (including phenoxy) is 1. The predicted octanol–water partition coefficient (Wildman–Crippen LogP) is 4.09. The Balaban J connectivity index is 1.39. The second-order valence-corrected chi connectivity index (χ2v) is 12.0. The maximum atomic E-state index is 13.8. The number of nitrogens with zero attached hydrogens (tertiary/aromatic N) is 2. The van der Waals surface area contributed by atoms with E-state index in [0.29, 0.717) is 10.9 Å². The van der Waals surface area contributed by atoms with Gasteiger partial charge in [-0.1, -0.05) is 23.7 Å². The highest BCUT2D eigenvalue weighted by atomic mass is 35.5. The number of sulfonamides is 1. The Bertz CT molecular complexity index is 1110. The minimum absolute atomic E-state index is 0.0700. The SMILES string of the molecule is CN(C)C(c1cccc(F)c1)C1CCC(NC(=O)COCCN(C)S(=O)(=O)c2ccc(Cl)cc2)CC1. The molecule has 0 aromatic heterocycles. The molecule has 10 heteroatoms. The summed E-state index contributed by atoms with van der Waals surface area (Å²) in [5, 5.41) is 3.49. The van der Waals surface area contributed by atoms with Crippen LogP contribution in [0.25, 0.3) is 0 Å². The largest absolute Gasteiger partial charge is 0.370 e. The van der Waals surface area contributed by atoms with Crippen LogP contribution >= 0.6 is 11.6 Å². The third-order valence-corrected chi connectivity index (χ3v) is 8.76. The van der Waals surface area contributed by atoms with Crippen molar-refractivity contribution in [3.63, 3.8) is 0 Å². The van der Waals surface area contributed by atoms with E-state index in [1.165, 1.54) is 41.7 Å². The van der Waals surface area contributed by atoms with Crippen LogP contribution in [0, 0.1) is 11.7 Å². The molecule has 1 fully saturated rings. The van der Waals surface area contributed by atoms with Crippen LogP contribution in [0.5, 0.6) is 0 Å². The van der Waals surface area contributed by atoms with Gasteiger partial charge < -0.3 is 15.0 Å². The molecule has 1 amide bonds. The smallest absolute Gasteiger partial charge is 0.246 e. The van der Waals surface area contributed by atoms with Gasteiger partial charge in [0.1, 0.15) is 12.4 Å². The minimum atomic E-state index is -3.65. The topological polar surface area (TPSA) is 79.0 Å². The van der Waals surface area contributed by atoms with Gasteiger partial charge in [0.15, 0.2) is 0 Å². The maximum Gasteiger partial charge on any atom is 0.246 e. The number of halogens is 2. The van der Waals surface area contributed by atoms with Gasteiger partial charge in [-0.2, -0.15) is 4.31 Å². The molecule has 1 aliphatic carbocycles. The highest BCUT2D eigenvalue weighted by Crippen LogP contribution is 2.37. The van der Waals surface area contributed by atoms with Crippen molar-refractivity contribution in [2.75, 3.05) is 40.9 Å². The fraction of sp³-hybridized carbons (Fsp3) is 0.500. The Kier molecular flexibility index (Phi) is 10.3. The third-order valence-electron chi connectivity index (χ3n) is 6.64. The Labute approximate surface area is 218 Å². The number of hydrogen-bond donors (Lipinski definition) is 1. The molecule has 0 spiro atoms. The fourth-order valence-electron chi connectivity index (χ4n) is 4.80. The molecule has 2 aromatic rings. The first-order valence-electron chi connectivity index (χ1n) is 12.1. The summed E-state index contributed by atoms with van der Waals surface area (Å²) in [6.07, 6.45) is 3.55. The average Bonchev–Trinajstić information content (AvgIpc) is 2.83. The fourth-order valence-corrected chi connectivity index (χ4v) is 6.08. The van der Waals surface area contributed by atoms with Crippen LogP contribution in [0.2, 0.25) is 5.02 Å². The minimum Gasteiger partial charge on any atom is -0.370 e. The van der Waals surface area contributed by atoms with E-state index in [1.54, 1.807) is 12.1 Å². The number of carbonyl (C=O) groups excluding carboxylic acids is 1. The number of likely N-dealkylation sites (N-methyl/N-ethyl adjacent to an activating group) is 1. The summed E-state index contributed by atoms with van der Waals surface area (Å²) in [4.78, 5) is 14.6. The Morgan fingerprint density at radius 3 is 2.39 bits per heavy atom. The molecule has 3 rings (SSSR count). The first-order chi connectivity index (χ1) is 17.1. The molecule has 0 saturated heterocycles. The summed E-state index contributed by atoms with van der Waals surface area (Å²) < 4.78 is 45.6. The molecule has 1 aliphatic rings. The zero-order chi connectivity index (χ0) is 26.3. The lowest BCUT2D eigenvalue weighted by atomic mass is 9.78. The van der Waals surface area contributed by atoms with Crippen LogP contribution in [-0.4, -0.2) is 70.5 Å². The van der Waals surface area contributed by atoms with Gasteiger partial charge in [0, 0.05) is 30.7 Å². The van der Waals surface area contributed by atoms with Crippen LogP contribution < -0.4 is 5.32 Å². The molecule has 0 aliphatic heterocycles. The molecule has 7 nitrogen and oxygen atoms in total. The first kappa shape index (κ1) is 28.5. The summed E-state index contributed by atoms with van der Waals surface area (Å²) in [5.74, 6) is -0.0608. The van der Waals surface area contributed by atoms with Crippen molar-refractivity contribution in [1.29, 1.82) is 0 Å². The van der Waals surface area contributed by atoms with Crippen LogP contribution in [-0.2, 0) is 19.6 Å². The molecule has 0 radical (unpaired) electrons. The molecule has 0 bridgehead atoms. The lowest BCUT2D eigenvalue weighted by Gasteiger charge is -2.37. The van der Waals surface area contributed by atoms with E-state index in [0.717, 1.165) is 31.2 Å². The highest BCUT2D eigenvalue weighted by Gasteiger charge is 2.30. The monoisotopic (exact) mass is 539 g/mol. The van der Waals surface area contributed by atoms with Gasteiger partial charge in [0.2, 0.25) is 15.9 Å². The van der Waals surface area contributed by atoms with Crippen molar-refractivity contribution >= 4 is 27.5 Å². The van der Waals surface area contributed by atoms with Crippen molar-refractivity contribution in [2.45, 2.75) is 42.7 Å². The van der Waals surface area contributed by atoms with Gasteiger partial charge in [-0.3, -0.25) is 4.79 Å². The second-order valence-electron chi connectivity index (χ2n) is 9.48. The first-order valence-corrected chi connectivity index (χ1v) is 13.9. The summed E-state index contributed by atoms with van der Waals surface area (Å²) in [6, 6.07) is 12.9. The molecule has 1 atom stereocenters. The van der Waals surface area contributed by atoms with Gasteiger partial charge >= 0.3 is 0 Å². The van der Waals surface area contributed by atoms with Gasteiger partial charge in [-0.15, -0.1) is 0 Å². The number of carbonyl (C=O) groups is 1. The standard InChI is InChI=1S/C26H35ClFN3O4S/c1-30(2)26(20-5-4-6-22(28)17-20)19-7-11-23(12-8-19)29-25(32)18-35-16-15-31(3)36(33,34)24-13-9-21(27)10-14-24/h4-6,9-10,13-14,17,19,23,26H,7-8,11-12,15-16,18H2,1-3H3,(H,29,32). The number of nitrogens with one attached hydrogen (secondary N) is 1. The van der Waals surface area contributed by atoms with E-state index in [4.69, 9.17) is 16.3 Å². The summed E-state index contributed by atoms with van der Waals surface area (Å²) in [7, 11) is 1.84. The molecule has 1 unspecified atom stereocenters. The molecule has 36 heavy (non-hydrogen) atoms. The van der Waals surface area contributed by atoms with Crippen molar-refractivity contribution in [3.8, 4) is 0 Å². The van der Waals surface area contributed by atoms with E-state index in [9.17, 15) is 17.6 Å². The van der Waals surface area contributed by atoms with Crippen molar-refractivity contribution < 1.29 is 22.3 Å². The molecular weight excluding hydrogens is 505 g/mol. The molecule has 1 N–H and O–H groups in total. The summed E-state index contributed by atoms with van der Waals surface area (Å²) in [5.41, 5.74) is 0.976. The molecule has 2 aromatic carbocycles. The normalized spacial score (nSPS) is 19.4. The molecular formula is C26H35ClFN3O4S. The Hall–Kier alpha value is -2.04. The van der Waals surface area contributed by atoms with E-state index >= 15 is 0 Å². The van der Waals surface area contributed by atoms with Crippen LogP contribution in [0.3, 0.4) is 0 Å². The van der Waals surface area contributed by atoms with E-state index < -0.39 is 10.0 Å². The van der Waals surface area contributed by atoms with Gasteiger partial charge in [-0.25, -0.2) is 12.8 Å². The second kappa shape index (κ2) is 13.0. The van der Waals surface area contributed by atoms with Crippen molar-refractivity contribution in [1.82, 2.24) is 14.5 Å². The van der Waals surface area contributed by atoms with E-state index in [1.807, 2.05) is 20.2 Å². The Morgan fingerprint density at radius 2 is 1.78 bits per heavy atom. The van der Waals surface area contributed by atoms with Gasteiger partial charge in [0.05, 0.1) is 11.5 Å². The number of benzene rings is 2. The third kappa shape index (κ3) is 7.73. The number of hydrogen-bond acceptors (Lipinski definition) is 5. The molecule has 1 saturated carbocycles. The lowest BCUT2D eigenvalue weighted by molar-refractivity contribution is -0.126. The van der Waals surface area contributed by atoms with Crippen LogP contribution in [0.1, 0.15) is 37.3 Å². The van der Waals surface area contributed by atoms with Gasteiger partial charge in [-0.05, 0) is 87.7 Å². The van der Waals surface area contributed by atoms with Crippen molar-refractivity contribution in [3.05, 3.63) is 64.9 Å². The van der Waals surface area contributed by atoms with Crippen LogP contribution in [0.15, 0.2) is 53.4 Å². The van der Waals surface area contributed by atoms with Gasteiger partial charge in [0.25, 0.3) is 0 Å². The quantitative estimate of drug-likeness (QED) is 0.435. The number of amides is 1. The zero-order valence-corrected chi connectivity index (χ0v) is 22.6. The average molecular weight is 540 g/mol. The summed E-state index contributed by atoms with van der Waals surface area (Å²) in [6.45, 7) is 0.0926. The van der Waals surface area contributed by atoms with Crippen molar-refractivity contribution in [2.24, 2.45) is 5.92 Å². The zero-order valence-electron chi connectivity index (χ0n) is 21.0.